The molecule has 2 bridgehead atoms. The van der Waals surface area contributed by atoms with Gasteiger partial charge in [-0.05, 0) is 13.0 Å². The molecule has 0 radical (unpaired) electrons. The van der Waals surface area contributed by atoms with Crippen LogP contribution in [0.3, 0.4) is 0 Å². The number of nitrogens with zero attached hydrogens (tertiary/aromatic N) is 2. The molecule has 2 rings (SSSR count). The summed E-state index contributed by atoms with van der Waals surface area (Å²) in [6.07, 6.45) is 4.00. The van der Waals surface area contributed by atoms with E-state index in [0.717, 1.165) is 13.0 Å². The first-order valence-electron chi connectivity index (χ1n) is 4.92. The minimum absolute atomic E-state index is 0.666. The Morgan fingerprint density at radius 2 is 2.62 bits per heavy atom. The number of fused-ring (bicyclic) bond motifs is 2. The lowest BCUT2D eigenvalue weighted by Crippen LogP contribution is -2.23. The Balaban J connectivity index is 1.77. The number of rotatable bonds is 4. The zero-order valence-corrected chi connectivity index (χ0v) is 7.91. The molecule has 2 aliphatic rings. The highest BCUT2D eigenvalue weighted by molar-refractivity contribution is 5.91. The fourth-order valence-corrected chi connectivity index (χ4v) is 1.97. The largest absolute Gasteiger partial charge is 0.395 e. The van der Waals surface area contributed by atoms with Crippen molar-refractivity contribution in [1.29, 1.82) is 0 Å². The highest BCUT2D eigenvalue weighted by atomic mass is 16.6. The number of piperidine rings is 1. The first-order valence-corrected chi connectivity index (χ1v) is 4.92. The lowest BCUT2D eigenvalue weighted by molar-refractivity contribution is 0.147. The minimum Gasteiger partial charge on any atom is -0.395 e. The van der Waals surface area contributed by atoms with Gasteiger partial charge in [0.05, 0.1) is 5.71 Å². The predicted molar refractivity (Wildman–Crippen MR) is 52.7 cm³/mol. The van der Waals surface area contributed by atoms with Gasteiger partial charge in [-0.2, -0.15) is 0 Å². The van der Waals surface area contributed by atoms with Gasteiger partial charge in [-0.25, -0.2) is 0 Å². The molecule has 2 saturated heterocycles. The van der Waals surface area contributed by atoms with Crippen LogP contribution in [0, 0.1) is 5.92 Å². The Morgan fingerprint density at radius 1 is 1.69 bits per heavy atom. The zero-order valence-electron chi connectivity index (χ0n) is 7.91. The second kappa shape index (κ2) is 3.92. The van der Waals surface area contributed by atoms with Crippen molar-refractivity contribution in [3.8, 4) is 0 Å². The lowest BCUT2D eigenvalue weighted by atomic mass is 10.0. The standard InChI is InChI=1S/C10H16N2O/c1-2-3-6-13-11-10-8-12-5-4-9(10)7-12/h2,9H,1,3-8H2. The molecule has 0 aromatic heterocycles. The van der Waals surface area contributed by atoms with Gasteiger partial charge in [0.2, 0.25) is 0 Å². The third-order valence-electron chi connectivity index (χ3n) is 2.72. The van der Waals surface area contributed by atoms with Crippen molar-refractivity contribution >= 4 is 5.71 Å². The second-order valence-electron chi connectivity index (χ2n) is 3.71. The van der Waals surface area contributed by atoms with Crippen LogP contribution in [0.4, 0.5) is 0 Å². The van der Waals surface area contributed by atoms with Crippen LogP contribution >= 0.6 is 0 Å². The molecule has 0 aromatic carbocycles. The molecule has 0 saturated carbocycles. The molecule has 0 aromatic rings. The van der Waals surface area contributed by atoms with E-state index in [2.05, 4.69) is 16.6 Å². The summed E-state index contributed by atoms with van der Waals surface area (Å²) in [5.41, 5.74) is 1.25. The monoisotopic (exact) mass is 180 g/mol. The van der Waals surface area contributed by atoms with Crippen molar-refractivity contribution in [3.63, 3.8) is 0 Å². The van der Waals surface area contributed by atoms with Crippen LogP contribution in [-0.4, -0.2) is 36.9 Å². The molecular weight excluding hydrogens is 164 g/mol. The Morgan fingerprint density at radius 3 is 3.23 bits per heavy atom. The van der Waals surface area contributed by atoms with E-state index < -0.39 is 0 Å². The van der Waals surface area contributed by atoms with E-state index in [1.165, 1.54) is 25.2 Å². The molecule has 2 fully saturated rings. The molecule has 0 amide bonds. The topological polar surface area (TPSA) is 24.8 Å². The third-order valence-corrected chi connectivity index (χ3v) is 2.72. The van der Waals surface area contributed by atoms with Crippen LogP contribution in [0.2, 0.25) is 0 Å². The van der Waals surface area contributed by atoms with E-state index in [0.29, 0.717) is 12.5 Å². The Labute approximate surface area is 79.0 Å². The predicted octanol–water partition coefficient (Wildman–Crippen LogP) is 1.27. The van der Waals surface area contributed by atoms with Crippen LogP contribution in [0.5, 0.6) is 0 Å². The maximum atomic E-state index is 5.20. The Hall–Kier alpha value is -0.830. The van der Waals surface area contributed by atoms with Crippen molar-refractivity contribution in [3.05, 3.63) is 12.7 Å². The highest BCUT2D eigenvalue weighted by Crippen LogP contribution is 2.25. The van der Waals surface area contributed by atoms with E-state index in [1.54, 1.807) is 0 Å². The first-order chi connectivity index (χ1) is 6.40. The van der Waals surface area contributed by atoms with Crippen molar-refractivity contribution in [2.75, 3.05) is 26.2 Å². The average molecular weight is 180 g/mol. The molecule has 2 unspecified atom stereocenters. The van der Waals surface area contributed by atoms with Crippen molar-refractivity contribution in [2.45, 2.75) is 12.8 Å². The third kappa shape index (κ3) is 1.91. The molecule has 0 aliphatic carbocycles. The molecule has 2 heterocycles. The molecule has 2 atom stereocenters. The van der Waals surface area contributed by atoms with Gasteiger partial charge in [0, 0.05) is 25.4 Å². The van der Waals surface area contributed by atoms with Gasteiger partial charge in [-0.1, -0.05) is 11.2 Å². The molecule has 0 spiro atoms. The van der Waals surface area contributed by atoms with Crippen molar-refractivity contribution in [2.24, 2.45) is 11.1 Å². The van der Waals surface area contributed by atoms with Gasteiger partial charge < -0.3 is 4.84 Å². The zero-order chi connectivity index (χ0) is 9.10. The first kappa shape index (κ1) is 8.75. The van der Waals surface area contributed by atoms with Crippen LogP contribution < -0.4 is 0 Å². The Bertz CT molecular complexity index is 225. The molecule has 72 valence electrons. The maximum Gasteiger partial charge on any atom is 0.120 e. The summed E-state index contributed by atoms with van der Waals surface area (Å²) in [6, 6.07) is 0. The average Bonchev–Trinajstić information content (AvgIpc) is 2.73. The van der Waals surface area contributed by atoms with Crippen molar-refractivity contribution < 1.29 is 4.84 Å². The summed E-state index contributed by atoms with van der Waals surface area (Å²) in [7, 11) is 0. The van der Waals surface area contributed by atoms with Crippen LogP contribution in [0.15, 0.2) is 17.8 Å². The summed E-state index contributed by atoms with van der Waals surface area (Å²) in [6.45, 7) is 7.77. The van der Waals surface area contributed by atoms with Crippen LogP contribution in [0.1, 0.15) is 12.8 Å². The fourth-order valence-electron chi connectivity index (χ4n) is 1.97. The van der Waals surface area contributed by atoms with Gasteiger partial charge in [-0.15, -0.1) is 6.58 Å². The van der Waals surface area contributed by atoms with Gasteiger partial charge in [0.25, 0.3) is 0 Å². The molecule has 0 N–H and O–H groups in total. The smallest absolute Gasteiger partial charge is 0.120 e. The number of hydrogen-bond acceptors (Lipinski definition) is 3. The molecule has 2 aliphatic heterocycles. The molecule has 3 heteroatoms. The highest BCUT2D eigenvalue weighted by Gasteiger charge is 2.35. The fraction of sp³-hybridized carbons (Fsp3) is 0.700. The summed E-state index contributed by atoms with van der Waals surface area (Å²) in [5, 5.41) is 4.17. The molecular formula is C10H16N2O. The maximum absolute atomic E-state index is 5.20. The minimum atomic E-state index is 0.666. The molecule has 13 heavy (non-hydrogen) atoms. The summed E-state index contributed by atoms with van der Waals surface area (Å²) < 4.78 is 0. The van der Waals surface area contributed by atoms with Crippen LogP contribution in [-0.2, 0) is 4.84 Å². The lowest BCUT2D eigenvalue weighted by Gasteiger charge is -2.12. The summed E-state index contributed by atoms with van der Waals surface area (Å²) in [5.74, 6) is 0.684. The van der Waals surface area contributed by atoms with E-state index in [4.69, 9.17) is 4.84 Å². The van der Waals surface area contributed by atoms with Crippen LogP contribution in [0.25, 0.3) is 0 Å². The van der Waals surface area contributed by atoms with E-state index in [9.17, 15) is 0 Å². The SMILES string of the molecule is C=CCCON=C1CN2CCC1C2. The van der Waals surface area contributed by atoms with E-state index in [-0.39, 0.29) is 0 Å². The van der Waals surface area contributed by atoms with Gasteiger partial charge in [0.1, 0.15) is 6.61 Å². The van der Waals surface area contributed by atoms with Gasteiger partial charge in [-0.3, -0.25) is 4.90 Å². The normalized spacial score (nSPS) is 34.0. The number of oxime groups is 1. The Kier molecular flexibility index (Phi) is 2.64. The quantitative estimate of drug-likeness (QED) is 0.370. The number of hydrogen-bond donors (Lipinski definition) is 0. The van der Waals surface area contributed by atoms with Gasteiger partial charge >= 0.3 is 0 Å². The van der Waals surface area contributed by atoms with E-state index in [1.807, 2.05) is 6.08 Å². The summed E-state index contributed by atoms with van der Waals surface area (Å²) in [4.78, 5) is 7.63. The summed E-state index contributed by atoms with van der Waals surface area (Å²) >= 11 is 0. The van der Waals surface area contributed by atoms with Crippen molar-refractivity contribution in [1.82, 2.24) is 4.90 Å². The molecule has 3 nitrogen and oxygen atoms in total. The van der Waals surface area contributed by atoms with E-state index >= 15 is 0 Å². The van der Waals surface area contributed by atoms with Gasteiger partial charge in [0.15, 0.2) is 0 Å². The second-order valence-corrected chi connectivity index (χ2v) is 3.71.